The molecule has 0 fully saturated rings. The number of ether oxygens (including phenoxy) is 2. The van der Waals surface area contributed by atoms with Crippen LogP contribution in [0.25, 0.3) is 10.9 Å². The van der Waals surface area contributed by atoms with Gasteiger partial charge in [0, 0.05) is 24.5 Å². The highest BCUT2D eigenvalue weighted by atomic mass is 32.2. The lowest BCUT2D eigenvalue weighted by Crippen LogP contribution is -2.34. The molecular weight excluding hydrogens is 561 g/mol. The van der Waals surface area contributed by atoms with E-state index in [9.17, 15) is 22.4 Å². The molecule has 1 amide bonds. The number of hydrogen-bond acceptors (Lipinski definition) is 6. The molecule has 1 aromatic heterocycles. The fourth-order valence-electron chi connectivity index (χ4n) is 4.58. The third kappa shape index (κ3) is 8.17. The summed E-state index contributed by atoms with van der Waals surface area (Å²) >= 11 is 0. The van der Waals surface area contributed by atoms with Gasteiger partial charge in [0.2, 0.25) is 15.9 Å². The van der Waals surface area contributed by atoms with Gasteiger partial charge in [0.1, 0.15) is 5.75 Å². The average molecular weight is 596 g/mol. The number of aromatic nitrogens is 1. The lowest BCUT2D eigenvalue weighted by atomic mass is 10.00. The summed E-state index contributed by atoms with van der Waals surface area (Å²) in [6.07, 6.45) is 1.60. The van der Waals surface area contributed by atoms with Crippen molar-refractivity contribution in [2.75, 3.05) is 13.2 Å². The Labute approximate surface area is 244 Å². The van der Waals surface area contributed by atoms with Crippen LogP contribution in [0.4, 0.5) is 4.39 Å². The van der Waals surface area contributed by atoms with E-state index in [2.05, 4.69) is 31.9 Å². The Bertz CT molecular complexity index is 1580. The average Bonchev–Trinajstić information content (AvgIpc) is 3.48. The summed E-state index contributed by atoms with van der Waals surface area (Å²) in [4.78, 5) is 27.8. The number of unbranched alkanes of at least 4 members (excludes halogenated alkanes) is 1. The number of alkyl halides is 1. The Hall–Kier alpha value is -4.22. The molecule has 3 aromatic carbocycles. The molecule has 4 rings (SSSR count). The van der Waals surface area contributed by atoms with Crippen LogP contribution >= 0.6 is 0 Å². The van der Waals surface area contributed by atoms with Crippen LogP contribution in [0.1, 0.15) is 43.4 Å². The Balaban J connectivity index is 1.52. The summed E-state index contributed by atoms with van der Waals surface area (Å²) in [6.45, 7) is 2.00. The third-order valence-electron chi connectivity index (χ3n) is 6.59. The molecule has 2 atom stereocenters. The van der Waals surface area contributed by atoms with E-state index in [0.29, 0.717) is 23.0 Å². The molecular formula is C31H34FN3O6S. The zero-order valence-corrected chi connectivity index (χ0v) is 24.0. The smallest absolute Gasteiger partial charge is 0.381 e. The first-order chi connectivity index (χ1) is 20.3. The topological polar surface area (TPSA) is 127 Å². The Morgan fingerprint density at radius 3 is 2.38 bits per heavy atom. The summed E-state index contributed by atoms with van der Waals surface area (Å²) in [5, 5.41) is 3.39. The van der Waals surface area contributed by atoms with Gasteiger partial charge in [-0.2, -0.15) is 4.39 Å². The maximum Gasteiger partial charge on any atom is 0.381 e. The summed E-state index contributed by atoms with van der Waals surface area (Å²) in [5.41, 5.74) is 2.04. The van der Waals surface area contributed by atoms with Crippen LogP contribution in [0.5, 0.6) is 5.75 Å². The number of esters is 1. The van der Waals surface area contributed by atoms with Crippen LogP contribution < -0.4 is 14.8 Å². The van der Waals surface area contributed by atoms with Crippen molar-refractivity contribution in [3.63, 3.8) is 0 Å². The Morgan fingerprint density at radius 1 is 0.952 bits per heavy atom. The number of fused-ring (bicyclic) bond motifs is 1. The van der Waals surface area contributed by atoms with Gasteiger partial charge >= 0.3 is 12.3 Å². The molecule has 3 N–H and O–H groups in total. The molecule has 11 heteroatoms. The highest BCUT2D eigenvalue weighted by Crippen LogP contribution is 2.33. The van der Waals surface area contributed by atoms with Gasteiger partial charge in [0.15, 0.2) is 0 Å². The molecule has 0 radical (unpaired) electrons. The quantitative estimate of drug-likeness (QED) is 0.132. The third-order valence-corrected chi connectivity index (χ3v) is 8.08. The molecule has 0 aliphatic heterocycles. The molecule has 0 aliphatic rings. The summed E-state index contributed by atoms with van der Waals surface area (Å²) in [6, 6.07) is 21.6. The second kappa shape index (κ2) is 14.6. The molecule has 9 nitrogen and oxygen atoms in total. The molecule has 4 aromatic rings. The molecule has 0 aliphatic carbocycles. The van der Waals surface area contributed by atoms with E-state index in [0.717, 1.165) is 19.3 Å². The van der Waals surface area contributed by atoms with Crippen molar-refractivity contribution in [2.24, 2.45) is 0 Å². The van der Waals surface area contributed by atoms with Crippen LogP contribution in [0.3, 0.4) is 0 Å². The Morgan fingerprint density at radius 2 is 1.67 bits per heavy atom. The van der Waals surface area contributed by atoms with Gasteiger partial charge < -0.3 is 19.8 Å². The van der Waals surface area contributed by atoms with Gasteiger partial charge in [-0.05, 0) is 61.6 Å². The number of hydrogen-bond donors (Lipinski definition) is 3. The SMILES string of the molecule is CCOC(=O)C(F)Oc1ccc(C(CC(=O)NCCCCc2ccccc2)NS(=O)(=O)c2ccccc2)c2cc[nH]c12. The summed E-state index contributed by atoms with van der Waals surface area (Å²) in [5.74, 6) is -1.45. The van der Waals surface area contributed by atoms with Gasteiger partial charge in [0.25, 0.3) is 0 Å². The van der Waals surface area contributed by atoms with Crippen molar-refractivity contribution >= 4 is 32.8 Å². The van der Waals surface area contributed by atoms with Crippen molar-refractivity contribution < 1.29 is 31.9 Å². The maximum atomic E-state index is 14.4. The van der Waals surface area contributed by atoms with Crippen LogP contribution in [0.2, 0.25) is 0 Å². The maximum absolute atomic E-state index is 14.4. The fourth-order valence-corrected chi connectivity index (χ4v) is 5.81. The van der Waals surface area contributed by atoms with E-state index in [-0.39, 0.29) is 29.6 Å². The lowest BCUT2D eigenvalue weighted by Gasteiger charge is -2.21. The highest BCUT2D eigenvalue weighted by Gasteiger charge is 2.27. The predicted octanol–water partition coefficient (Wildman–Crippen LogP) is 4.95. The van der Waals surface area contributed by atoms with E-state index in [1.165, 1.54) is 23.8 Å². The summed E-state index contributed by atoms with van der Waals surface area (Å²) < 4.78 is 53.5. The van der Waals surface area contributed by atoms with Crippen LogP contribution in [0, 0.1) is 0 Å². The summed E-state index contributed by atoms with van der Waals surface area (Å²) in [7, 11) is -4.00. The minimum absolute atomic E-state index is 0.00219. The van der Waals surface area contributed by atoms with E-state index >= 15 is 0 Å². The number of benzene rings is 3. The molecule has 1 heterocycles. The molecule has 0 bridgehead atoms. The van der Waals surface area contributed by atoms with Gasteiger partial charge in [-0.3, -0.25) is 4.79 Å². The van der Waals surface area contributed by atoms with E-state index in [4.69, 9.17) is 4.74 Å². The molecule has 222 valence electrons. The second-order valence-electron chi connectivity index (χ2n) is 9.59. The molecule has 2 unspecified atom stereocenters. The minimum atomic E-state index is -4.00. The number of rotatable bonds is 15. The number of aromatic amines is 1. The molecule has 0 saturated carbocycles. The highest BCUT2D eigenvalue weighted by molar-refractivity contribution is 7.89. The van der Waals surface area contributed by atoms with Crippen molar-refractivity contribution in [3.8, 4) is 5.75 Å². The van der Waals surface area contributed by atoms with E-state index in [1.54, 1.807) is 43.5 Å². The van der Waals surface area contributed by atoms with Gasteiger partial charge in [-0.25, -0.2) is 17.9 Å². The van der Waals surface area contributed by atoms with Gasteiger partial charge in [-0.15, -0.1) is 0 Å². The predicted molar refractivity (Wildman–Crippen MR) is 157 cm³/mol. The van der Waals surface area contributed by atoms with Crippen molar-refractivity contribution in [2.45, 2.75) is 49.9 Å². The number of halogens is 1. The standard InChI is InChI=1S/C31H34FN3O6S/c1-2-40-31(37)30(32)41-27-17-16-24(25-18-20-34-29(25)27)26(35-42(38,39)23-14-7-4-8-15-23)21-28(36)33-19-10-9-13-22-11-5-3-6-12-22/h3-8,11-12,14-18,20,26,30,34-35H,2,9-10,13,19,21H2,1H3,(H,33,36). The molecule has 0 saturated heterocycles. The number of aryl methyl sites for hydroxylation is 1. The van der Waals surface area contributed by atoms with Gasteiger partial charge in [0.05, 0.1) is 23.1 Å². The number of sulfonamides is 1. The number of carbonyl (C=O) groups is 2. The number of carbonyl (C=O) groups excluding carboxylic acids is 2. The lowest BCUT2D eigenvalue weighted by molar-refractivity contribution is -0.159. The van der Waals surface area contributed by atoms with Crippen molar-refractivity contribution in [3.05, 3.63) is 96.2 Å². The van der Waals surface area contributed by atoms with Crippen LogP contribution in [0.15, 0.2) is 90.0 Å². The van der Waals surface area contributed by atoms with Gasteiger partial charge in [-0.1, -0.05) is 54.6 Å². The normalized spacial score (nSPS) is 12.9. The number of amides is 1. The zero-order chi connectivity index (χ0) is 30.0. The first kappa shape index (κ1) is 30.7. The first-order valence-electron chi connectivity index (χ1n) is 13.7. The number of nitrogens with one attached hydrogen (secondary N) is 3. The van der Waals surface area contributed by atoms with Crippen LogP contribution in [-0.2, 0) is 30.8 Å². The van der Waals surface area contributed by atoms with Crippen LogP contribution in [-0.4, -0.2) is 44.8 Å². The second-order valence-corrected chi connectivity index (χ2v) is 11.3. The molecule has 0 spiro atoms. The Kier molecular flexibility index (Phi) is 10.7. The van der Waals surface area contributed by atoms with Crippen molar-refractivity contribution in [1.29, 1.82) is 0 Å². The fraction of sp³-hybridized carbons (Fsp3) is 0.290. The van der Waals surface area contributed by atoms with E-state index < -0.39 is 28.4 Å². The minimum Gasteiger partial charge on any atom is -0.461 e. The van der Waals surface area contributed by atoms with Crippen molar-refractivity contribution in [1.82, 2.24) is 15.0 Å². The largest absolute Gasteiger partial charge is 0.461 e. The molecule has 42 heavy (non-hydrogen) atoms. The van der Waals surface area contributed by atoms with E-state index in [1.807, 2.05) is 18.2 Å². The zero-order valence-electron chi connectivity index (χ0n) is 23.2. The number of H-pyrrole nitrogens is 1. The first-order valence-corrected chi connectivity index (χ1v) is 15.2. The monoisotopic (exact) mass is 595 g/mol.